The molecule has 5 nitrogen and oxygen atoms in total. The van der Waals surface area contributed by atoms with Gasteiger partial charge in [0, 0.05) is 15.7 Å². The lowest BCUT2D eigenvalue weighted by Gasteiger charge is -2.02. The molecule has 0 unspecified atom stereocenters. The number of hydrogen-bond donors (Lipinski definition) is 1. The number of esters is 1. The molecule has 0 fully saturated rings. The van der Waals surface area contributed by atoms with E-state index >= 15 is 0 Å². The summed E-state index contributed by atoms with van der Waals surface area (Å²) in [4.78, 5) is 22.6. The Labute approximate surface area is 113 Å². The first-order valence-corrected chi connectivity index (χ1v) is 5.98. The van der Waals surface area contributed by atoms with E-state index in [1.165, 1.54) is 7.11 Å². The van der Waals surface area contributed by atoms with E-state index in [0.717, 1.165) is 4.47 Å². The average Bonchev–Trinajstić information content (AvgIpc) is 2.36. The van der Waals surface area contributed by atoms with Crippen LogP contribution in [0.4, 0.5) is 0 Å². The van der Waals surface area contributed by atoms with Gasteiger partial charge in [0.2, 0.25) is 0 Å². The lowest BCUT2D eigenvalue weighted by molar-refractivity contribution is -0.139. The zero-order chi connectivity index (χ0) is 13.5. The summed E-state index contributed by atoms with van der Waals surface area (Å²) in [5, 5.41) is 3.82. The van der Waals surface area contributed by atoms with E-state index in [4.69, 9.17) is 0 Å². The van der Waals surface area contributed by atoms with E-state index in [2.05, 4.69) is 31.2 Å². The summed E-state index contributed by atoms with van der Waals surface area (Å²) in [5.74, 6) is -0.721. The van der Waals surface area contributed by atoms with Crippen molar-refractivity contribution < 1.29 is 14.3 Å². The fourth-order valence-electron chi connectivity index (χ4n) is 1.13. The van der Waals surface area contributed by atoms with Crippen molar-refractivity contribution in [1.29, 1.82) is 0 Å². The average molecular weight is 313 g/mol. The second kappa shape index (κ2) is 6.90. The summed E-state index contributed by atoms with van der Waals surface area (Å²) in [6.07, 6.45) is 0.0527. The maximum atomic E-state index is 11.7. The SMILES string of the molecule is COC(=O)C/C(C)=N\NC(=O)c1ccc(Br)cc1. The van der Waals surface area contributed by atoms with Crippen LogP contribution in [0.25, 0.3) is 0 Å². The number of methoxy groups -OCH3 is 1. The minimum absolute atomic E-state index is 0.0527. The molecule has 1 rings (SSSR count). The first kappa shape index (κ1) is 14.4. The number of nitrogens with zero attached hydrogens (tertiary/aromatic N) is 1. The molecule has 0 heterocycles. The molecule has 1 aromatic rings. The molecular formula is C12H13BrN2O3. The third-order valence-electron chi connectivity index (χ3n) is 2.08. The molecule has 0 aliphatic carbocycles. The second-order valence-corrected chi connectivity index (χ2v) is 4.46. The minimum atomic E-state index is -0.394. The van der Waals surface area contributed by atoms with Gasteiger partial charge in [0.05, 0.1) is 13.5 Å². The fourth-order valence-corrected chi connectivity index (χ4v) is 1.40. The van der Waals surface area contributed by atoms with Crippen LogP contribution >= 0.6 is 15.9 Å². The number of ether oxygens (including phenoxy) is 1. The van der Waals surface area contributed by atoms with Gasteiger partial charge < -0.3 is 4.74 Å². The van der Waals surface area contributed by atoms with E-state index in [1.54, 1.807) is 31.2 Å². The molecule has 0 aliphatic rings. The maximum absolute atomic E-state index is 11.7. The van der Waals surface area contributed by atoms with Gasteiger partial charge in [-0.3, -0.25) is 9.59 Å². The normalized spacial score (nSPS) is 10.9. The van der Waals surface area contributed by atoms with Crippen molar-refractivity contribution in [2.75, 3.05) is 7.11 Å². The highest BCUT2D eigenvalue weighted by molar-refractivity contribution is 9.10. The Balaban J connectivity index is 2.57. The molecule has 0 atom stereocenters. The summed E-state index contributed by atoms with van der Waals surface area (Å²) in [7, 11) is 1.30. The number of hydrazone groups is 1. The van der Waals surface area contributed by atoms with Crippen LogP contribution in [0.1, 0.15) is 23.7 Å². The molecular weight excluding hydrogens is 300 g/mol. The third-order valence-corrected chi connectivity index (χ3v) is 2.61. The number of amides is 1. The molecule has 6 heteroatoms. The van der Waals surface area contributed by atoms with Crippen molar-refractivity contribution >= 4 is 33.5 Å². The Bertz CT molecular complexity index is 469. The number of carbonyl (C=O) groups is 2. The van der Waals surface area contributed by atoms with Gasteiger partial charge >= 0.3 is 5.97 Å². The number of benzene rings is 1. The van der Waals surface area contributed by atoms with Gasteiger partial charge in [0.25, 0.3) is 5.91 Å². The fraction of sp³-hybridized carbons (Fsp3) is 0.250. The molecule has 0 saturated heterocycles. The number of carbonyl (C=O) groups excluding carboxylic acids is 2. The standard InChI is InChI=1S/C12H13BrN2O3/c1-8(7-11(16)18-2)14-15-12(17)9-3-5-10(13)6-4-9/h3-6H,7H2,1-2H3,(H,15,17)/b14-8-. The lowest BCUT2D eigenvalue weighted by Crippen LogP contribution is -2.20. The Hall–Kier alpha value is -1.69. The molecule has 0 aliphatic heterocycles. The van der Waals surface area contributed by atoms with Crippen molar-refractivity contribution in [3.05, 3.63) is 34.3 Å². The van der Waals surface area contributed by atoms with Gasteiger partial charge in [-0.2, -0.15) is 5.10 Å². The summed E-state index contributed by atoms with van der Waals surface area (Å²) in [5.41, 5.74) is 3.35. The van der Waals surface area contributed by atoms with Gasteiger partial charge in [-0.15, -0.1) is 0 Å². The van der Waals surface area contributed by atoms with Crippen LogP contribution in [0, 0.1) is 0 Å². The molecule has 0 spiro atoms. The molecule has 1 aromatic carbocycles. The van der Waals surface area contributed by atoms with E-state index in [9.17, 15) is 9.59 Å². The van der Waals surface area contributed by atoms with E-state index in [-0.39, 0.29) is 12.3 Å². The Morgan fingerprint density at radius 2 is 1.94 bits per heavy atom. The highest BCUT2D eigenvalue weighted by Crippen LogP contribution is 2.10. The van der Waals surface area contributed by atoms with Crippen LogP contribution in [0.15, 0.2) is 33.8 Å². The first-order chi connectivity index (χ1) is 8.52. The van der Waals surface area contributed by atoms with E-state index in [0.29, 0.717) is 11.3 Å². The van der Waals surface area contributed by atoms with Gasteiger partial charge in [-0.1, -0.05) is 15.9 Å². The molecule has 0 aromatic heterocycles. The van der Waals surface area contributed by atoms with Crippen LogP contribution in [0.3, 0.4) is 0 Å². The Morgan fingerprint density at radius 1 is 1.33 bits per heavy atom. The molecule has 1 N–H and O–H groups in total. The second-order valence-electron chi connectivity index (χ2n) is 3.55. The number of hydrogen-bond acceptors (Lipinski definition) is 4. The van der Waals surface area contributed by atoms with Gasteiger partial charge in [-0.25, -0.2) is 5.43 Å². The van der Waals surface area contributed by atoms with Crippen molar-refractivity contribution in [3.63, 3.8) is 0 Å². The third kappa shape index (κ3) is 4.67. The van der Waals surface area contributed by atoms with Crippen LogP contribution < -0.4 is 5.43 Å². The Kier molecular flexibility index (Phi) is 5.51. The predicted molar refractivity (Wildman–Crippen MR) is 71.4 cm³/mol. The summed E-state index contributed by atoms with van der Waals surface area (Å²) < 4.78 is 5.38. The zero-order valence-electron chi connectivity index (χ0n) is 10.1. The molecule has 0 bridgehead atoms. The van der Waals surface area contributed by atoms with Gasteiger partial charge in [-0.05, 0) is 31.2 Å². The van der Waals surface area contributed by atoms with Crippen molar-refractivity contribution in [2.45, 2.75) is 13.3 Å². The molecule has 0 radical (unpaired) electrons. The highest BCUT2D eigenvalue weighted by atomic mass is 79.9. The lowest BCUT2D eigenvalue weighted by atomic mass is 10.2. The maximum Gasteiger partial charge on any atom is 0.311 e. The van der Waals surface area contributed by atoms with E-state index in [1.807, 2.05) is 0 Å². The predicted octanol–water partition coefficient (Wildman–Crippen LogP) is 2.12. The summed E-state index contributed by atoms with van der Waals surface area (Å²) in [6.45, 7) is 1.64. The monoisotopic (exact) mass is 312 g/mol. The topological polar surface area (TPSA) is 67.8 Å². The molecule has 96 valence electrons. The van der Waals surface area contributed by atoms with Crippen molar-refractivity contribution in [1.82, 2.24) is 5.43 Å². The molecule has 1 amide bonds. The first-order valence-electron chi connectivity index (χ1n) is 5.19. The van der Waals surface area contributed by atoms with Crippen molar-refractivity contribution in [2.24, 2.45) is 5.10 Å². The zero-order valence-corrected chi connectivity index (χ0v) is 11.7. The minimum Gasteiger partial charge on any atom is -0.469 e. The summed E-state index contributed by atoms with van der Waals surface area (Å²) >= 11 is 3.28. The quantitative estimate of drug-likeness (QED) is 0.526. The van der Waals surface area contributed by atoms with Gasteiger partial charge in [0.15, 0.2) is 0 Å². The van der Waals surface area contributed by atoms with Crippen LogP contribution in [-0.4, -0.2) is 24.7 Å². The van der Waals surface area contributed by atoms with Crippen LogP contribution in [0.5, 0.6) is 0 Å². The van der Waals surface area contributed by atoms with Crippen LogP contribution in [0.2, 0.25) is 0 Å². The smallest absolute Gasteiger partial charge is 0.311 e. The van der Waals surface area contributed by atoms with Crippen LogP contribution in [-0.2, 0) is 9.53 Å². The number of halogens is 1. The number of rotatable bonds is 4. The Morgan fingerprint density at radius 3 is 2.50 bits per heavy atom. The largest absolute Gasteiger partial charge is 0.469 e. The van der Waals surface area contributed by atoms with Gasteiger partial charge in [0.1, 0.15) is 0 Å². The number of nitrogens with one attached hydrogen (secondary N) is 1. The molecule has 0 saturated carbocycles. The summed E-state index contributed by atoms with van der Waals surface area (Å²) in [6, 6.07) is 6.87. The molecule has 18 heavy (non-hydrogen) atoms. The van der Waals surface area contributed by atoms with Crippen molar-refractivity contribution in [3.8, 4) is 0 Å². The van der Waals surface area contributed by atoms with E-state index < -0.39 is 5.97 Å². The highest BCUT2D eigenvalue weighted by Gasteiger charge is 2.06.